The maximum Gasteiger partial charge on any atom is 0.265 e. The van der Waals surface area contributed by atoms with Gasteiger partial charge in [0.1, 0.15) is 30.3 Å². The van der Waals surface area contributed by atoms with Crippen LogP contribution in [0.4, 0.5) is 0 Å². The Labute approximate surface area is 288 Å². The summed E-state index contributed by atoms with van der Waals surface area (Å²) >= 11 is 7.03. The van der Waals surface area contributed by atoms with Gasteiger partial charge in [0, 0.05) is 24.2 Å². The van der Waals surface area contributed by atoms with Gasteiger partial charge < -0.3 is 28.9 Å². The van der Waals surface area contributed by atoms with E-state index in [4.69, 9.17) is 30.3 Å². The van der Waals surface area contributed by atoms with Crippen LogP contribution in [0.2, 0.25) is 5.02 Å². The molecule has 1 unspecified atom stereocenters. The Bertz CT molecular complexity index is 1960. The van der Waals surface area contributed by atoms with Crippen LogP contribution < -0.4 is 9.47 Å². The molecule has 0 amide bonds. The van der Waals surface area contributed by atoms with E-state index < -0.39 is 35.0 Å². The zero-order valence-corrected chi connectivity index (χ0v) is 28.4. The maximum atomic E-state index is 14.6. The summed E-state index contributed by atoms with van der Waals surface area (Å²) in [5.74, 6) is -3.15. The van der Waals surface area contributed by atoms with Crippen molar-refractivity contribution in [3.8, 4) is 11.6 Å². The molecule has 254 valence electrons. The van der Waals surface area contributed by atoms with Crippen LogP contribution in [0.15, 0.2) is 76.8 Å². The van der Waals surface area contributed by atoms with Gasteiger partial charge in [-0.25, -0.2) is 0 Å². The van der Waals surface area contributed by atoms with Crippen molar-refractivity contribution in [2.75, 3.05) is 21.2 Å². The van der Waals surface area contributed by atoms with Crippen molar-refractivity contribution in [3.63, 3.8) is 0 Å². The van der Waals surface area contributed by atoms with E-state index >= 15 is 0 Å². The molecule has 0 aliphatic heterocycles. The van der Waals surface area contributed by atoms with Crippen LogP contribution in [0.1, 0.15) is 69.4 Å². The number of carbonyl (C=O) groups is 2. The standard InChI is InChI=1S/C38H37ClN2O8/c1-20(46-4)24-17-27(47-18-21-11-7-5-8-12-21)29-25(31(24)39)15-23-16-26-32(41(2)3)34-30(36(44)38(26,45)35(43)28(23)33(29)42)37(40-49-34)48-19-22-13-9-6-10-14-22/h5-14,17,20,23,26,32,42,45H,15-16,18-19H2,1-4H3/t20?,23-,26-,32-,38-/m0/s1. The SMILES string of the molecule is COC(C)c1cc(OCc2ccccc2)c2c(c1Cl)C[C@H]1C[C@H]3[C@H](N(C)C)c4onc(OCc5ccccc5)c4C(=O)[C@@]3(O)C(=O)C1=C2O. The summed E-state index contributed by atoms with van der Waals surface area (Å²) in [6, 6.07) is 19.9. The van der Waals surface area contributed by atoms with Crippen LogP contribution in [0.3, 0.4) is 0 Å². The predicted molar refractivity (Wildman–Crippen MR) is 180 cm³/mol. The van der Waals surface area contributed by atoms with Crippen molar-refractivity contribution in [1.82, 2.24) is 10.1 Å². The van der Waals surface area contributed by atoms with Gasteiger partial charge in [0.05, 0.1) is 22.7 Å². The lowest BCUT2D eigenvalue weighted by molar-refractivity contribution is -0.142. The fourth-order valence-electron chi connectivity index (χ4n) is 7.57. The number of Topliss-reactive ketones (excluding diaryl/α,β-unsaturated/α-hetero) is 2. The van der Waals surface area contributed by atoms with Gasteiger partial charge in [-0.2, -0.15) is 0 Å². The summed E-state index contributed by atoms with van der Waals surface area (Å²) in [6.07, 6.45) is 0.0528. The van der Waals surface area contributed by atoms with E-state index in [-0.39, 0.29) is 66.3 Å². The summed E-state index contributed by atoms with van der Waals surface area (Å²) in [4.78, 5) is 30.8. The topological polar surface area (TPSA) is 132 Å². The molecule has 0 bridgehead atoms. The number of ketones is 2. The van der Waals surface area contributed by atoms with E-state index in [0.717, 1.165) is 11.1 Å². The lowest BCUT2D eigenvalue weighted by Gasteiger charge is -2.49. The largest absolute Gasteiger partial charge is 0.507 e. The number of hydrogen-bond donors (Lipinski definition) is 2. The number of halogens is 1. The Balaban J connectivity index is 1.33. The van der Waals surface area contributed by atoms with Crippen LogP contribution in [0, 0.1) is 11.8 Å². The van der Waals surface area contributed by atoms with Crippen LogP contribution in [-0.2, 0) is 29.2 Å². The average molecular weight is 685 g/mol. The highest BCUT2D eigenvalue weighted by atomic mass is 35.5. The zero-order chi connectivity index (χ0) is 34.6. The van der Waals surface area contributed by atoms with Crippen LogP contribution in [0.5, 0.6) is 11.6 Å². The third-order valence-electron chi connectivity index (χ3n) is 10.1. The summed E-state index contributed by atoms with van der Waals surface area (Å²) in [5.41, 5.74) is 0.653. The number of hydrogen-bond acceptors (Lipinski definition) is 10. The molecule has 5 atom stereocenters. The molecule has 0 radical (unpaired) electrons. The van der Waals surface area contributed by atoms with Crippen LogP contribution in [-0.4, -0.2) is 58.6 Å². The van der Waals surface area contributed by atoms with Gasteiger partial charge in [-0.05, 0) is 67.7 Å². The minimum absolute atomic E-state index is 0.0306. The molecule has 49 heavy (non-hydrogen) atoms. The second kappa shape index (κ2) is 12.8. The van der Waals surface area contributed by atoms with Gasteiger partial charge >= 0.3 is 0 Å². The van der Waals surface area contributed by atoms with Crippen molar-refractivity contribution in [2.24, 2.45) is 11.8 Å². The Morgan fingerprint density at radius 3 is 2.24 bits per heavy atom. The van der Waals surface area contributed by atoms with Gasteiger partial charge in [-0.15, -0.1) is 0 Å². The van der Waals surface area contributed by atoms with E-state index in [0.29, 0.717) is 21.9 Å². The summed E-state index contributed by atoms with van der Waals surface area (Å²) in [5, 5.41) is 28.9. The molecule has 1 fully saturated rings. The number of nitrogens with zero attached hydrogens (tertiary/aromatic N) is 2. The lowest BCUT2D eigenvalue weighted by Crippen LogP contribution is -2.63. The third-order valence-corrected chi connectivity index (χ3v) is 10.5. The van der Waals surface area contributed by atoms with Crippen molar-refractivity contribution in [1.29, 1.82) is 0 Å². The first-order valence-electron chi connectivity index (χ1n) is 16.2. The number of methoxy groups -OCH3 is 1. The molecule has 10 nitrogen and oxygen atoms in total. The monoisotopic (exact) mass is 684 g/mol. The number of aromatic nitrogens is 1. The average Bonchev–Trinajstić information content (AvgIpc) is 3.52. The molecule has 4 aromatic rings. The van der Waals surface area contributed by atoms with Gasteiger partial charge in [0.25, 0.3) is 5.88 Å². The Kier molecular flexibility index (Phi) is 8.60. The third kappa shape index (κ3) is 5.34. The molecule has 0 saturated heterocycles. The maximum absolute atomic E-state index is 14.6. The zero-order valence-electron chi connectivity index (χ0n) is 27.6. The quantitative estimate of drug-likeness (QED) is 0.190. The molecule has 11 heteroatoms. The molecule has 0 spiro atoms. The van der Waals surface area contributed by atoms with Gasteiger partial charge in [-0.3, -0.25) is 14.5 Å². The van der Waals surface area contributed by atoms with E-state index in [2.05, 4.69) is 5.16 Å². The first-order valence-corrected chi connectivity index (χ1v) is 16.6. The summed E-state index contributed by atoms with van der Waals surface area (Å²) < 4.78 is 23.6. The number of rotatable bonds is 9. The second-order valence-electron chi connectivity index (χ2n) is 13.1. The number of aliphatic hydroxyl groups is 2. The number of benzene rings is 3. The van der Waals surface area contributed by atoms with E-state index in [9.17, 15) is 19.8 Å². The Morgan fingerprint density at radius 2 is 1.63 bits per heavy atom. The fraction of sp³-hybridized carbons (Fsp3) is 0.342. The van der Waals surface area contributed by atoms with E-state index in [1.807, 2.05) is 67.6 Å². The molecule has 1 aromatic heterocycles. The second-order valence-corrected chi connectivity index (χ2v) is 13.5. The Morgan fingerprint density at radius 1 is 1.00 bits per heavy atom. The summed E-state index contributed by atoms with van der Waals surface area (Å²) in [7, 11) is 5.15. The fourth-order valence-corrected chi connectivity index (χ4v) is 7.95. The Hall–Kier alpha value is -4.48. The van der Waals surface area contributed by atoms with Gasteiger partial charge in [0.15, 0.2) is 11.4 Å². The van der Waals surface area contributed by atoms with Crippen molar-refractivity contribution in [2.45, 2.75) is 50.7 Å². The number of fused-ring (bicyclic) bond motifs is 4. The van der Waals surface area contributed by atoms with Gasteiger partial charge in [-0.1, -0.05) is 72.3 Å². The normalized spacial score (nSPS) is 23.4. The molecule has 3 aliphatic carbocycles. The number of ether oxygens (including phenoxy) is 3. The predicted octanol–water partition coefficient (Wildman–Crippen LogP) is 6.45. The number of aliphatic hydroxyl groups excluding tert-OH is 1. The highest BCUT2D eigenvalue weighted by Crippen LogP contribution is 2.57. The smallest absolute Gasteiger partial charge is 0.265 e. The van der Waals surface area contributed by atoms with E-state index in [1.54, 1.807) is 32.2 Å². The highest BCUT2D eigenvalue weighted by Gasteiger charge is 2.65. The van der Waals surface area contributed by atoms with Crippen LogP contribution >= 0.6 is 11.6 Å². The molecular formula is C38H37ClN2O8. The molecule has 1 heterocycles. The lowest BCUT2D eigenvalue weighted by atomic mass is 9.57. The molecule has 1 saturated carbocycles. The molecule has 7 rings (SSSR count). The molecule has 3 aromatic carbocycles. The van der Waals surface area contributed by atoms with Crippen molar-refractivity contribution < 1.29 is 38.5 Å². The number of carbonyl (C=O) groups excluding carboxylic acids is 2. The van der Waals surface area contributed by atoms with Gasteiger partial charge in [0.2, 0.25) is 11.6 Å². The van der Waals surface area contributed by atoms with Crippen molar-refractivity contribution >= 4 is 28.9 Å². The van der Waals surface area contributed by atoms with E-state index in [1.165, 1.54) is 0 Å². The molecule has 3 aliphatic rings. The van der Waals surface area contributed by atoms with Crippen LogP contribution in [0.25, 0.3) is 5.76 Å². The minimum atomic E-state index is -2.52. The van der Waals surface area contributed by atoms with Crippen molar-refractivity contribution in [3.05, 3.63) is 116 Å². The summed E-state index contributed by atoms with van der Waals surface area (Å²) in [6.45, 7) is 2.15. The first-order chi connectivity index (χ1) is 23.6. The first kappa shape index (κ1) is 33.0. The minimum Gasteiger partial charge on any atom is -0.507 e. The molecular weight excluding hydrogens is 648 g/mol. The molecule has 2 N–H and O–H groups in total. The highest BCUT2D eigenvalue weighted by molar-refractivity contribution is 6.33.